The lowest BCUT2D eigenvalue weighted by atomic mass is 9.78. The first-order chi connectivity index (χ1) is 8.65. The van der Waals surface area contributed by atoms with Crippen LogP contribution in [-0.4, -0.2) is 0 Å². The summed E-state index contributed by atoms with van der Waals surface area (Å²) < 4.78 is 0. The molecule has 0 radical (unpaired) electrons. The minimum absolute atomic E-state index is 0.274. The highest BCUT2D eigenvalue weighted by molar-refractivity contribution is 5.86. The quantitative estimate of drug-likeness (QED) is 0.588. The molecule has 0 saturated heterocycles. The summed E-state index contributed by atoms with van der Waals surface area (Å²) in [7, 11) is 0. The van der Waals surface area contributed by atoms with Gasteiger partial charge in [0, 0.05) is 0 Å². The fourth-order valence-corrected chi connectivity index (χ4v) is 2.77. The lowest BCUT2D eigenvalue weighted by Gasteiger charge is -2.27. The molecule has 96 valence electrons. The summed E-state index contributed by atoms with van der Waals surface area (Å²) in [5, 5.41) is 2.78. The predicted molar refractivity (Wildman–Crippen MR) is 81.1 cm³/mol. The maximum Gasteiger partial charge on any atom is -0.00974 e. The van der Waals surface area contributed by atoms with E-state index in [0.717, 1.165) is 0 Å². The molecule has 0 heteroatoms. The maximum absolute atomic E-state index is 2.38. The average molecular weight is 240 g/mol. The first kappa shape index (κ1) is 13.1. The first-order valence-electron chi connectivity index (χ1n) is 7.13. The van der Waals surface area contributed by atoms with E-state index in [1.165, 1.54) is 42.0 Å². The monoisotopic (exact) mass is 240 g/mol. The molecule has 18 heavy (non-hydrogen) atoms. The Morgan fingerprint density at radius 2 is 1.61 bits per heavy atom. The van der Waals surface area contributed by atoms with Crippen LogP contribution in [0.15, 0.2) is 42.5 Å². The summed E-state index contributed by atoms with van der Waals surface area (Å²) in [4.78, 5) is 0. The van der Waals surface area contributed by atoms with E-state index in [1.807, 2.05) is 0 Å². The van der Waals surface area contributed by atoms with E-state index in [2.05, 4.69) is 63.2 Å². The molecule has 0 aromatic heterocycles. The Balaban J connectivity index is 2.34. The highest BCUT2D eigenvalue weighted by Crippen LogP contribution is 2.34. The third kappa shape index (κ3) is 2.75. The standard InChI is InChI=1S/C18H24/c1-4-5-8-14-18(2,3)17-13-9-11-15-10-6-7-12-16(15)17/h6-7,9-13H,4-5,8,14H2,1-3H3. The van der Waals surface area contributed by atoms with Gasteiger partial charge in [0.2, 0.25) is 0 Å². The molecule has 2 aromatic rings. The van der Waals surface area contributed by atoms with Crippen molar-refractivity contribution in [1.29, 1.82) is 0 Å². The predicted octanol–water partition coefficient (Wildman–Crippen LogP) is 5.70. The van der Waals surface area contributed by atoms with E-state index in [-0.39, 0.29) is 5.41 Å². The van der Waals surface area contributed by atoms with E-state index in [4.69, 9.17) is 0 Å². The molecule has 0 fully saturated rings. The summed E-state index contributed by atoms with van der Waals surface area (Å²) in [5.41, 5.74) is 1.77. The van der Waals surface area contributed by atoms with Crippen molar-refractivity contribution in [2.24, 2.45) is 0 Å². The molecule has 0 bridgehead atoms. The second-order valence-electron chi connectivity index (χ2n) is 5.87. The van der Waals surface area contributed by atoms with Crippen LogP contribution in [0.1, 0.15) is 52.0 Å². The normalized spacial score (nSPS) is 11.9. The van der Waals surface area contributed by atoms with Crippen LogP contribution in [0.5, 0.6) is 0 Å². The molecular weight excluding hydrogens is 216 g/mol. The molecule has 0 amide bonds. The second-order valence-corrected chi connectivity index (χ2v) is 5.87. The van der Waals surface area contributed by atoms with Crippen molar-refractivity contribution in [3.05, 3.63) is 48.0 Å². The molecule has 0 aliphatic heterocycles. The molecule has 0 N–H and O–H groups in total. The van der Waals surface area contributed by atoms with E-state index in [0.29, 0.717) is 0 Å². The minimum Gasteiger partial charge on any atom is -0.0654 e. The van der Waals surface area contributed by atoms with E-state index in [1.54, 1.807) is 0 Å². The number of hydrogen-bond acceptors (Lipinski definition) is 0. The molecule has 2 rings (SSSR count). The summed E-state index contributed by atoms with van der Waals surface area (Å²) >= 11 is 0. The molecule has 0 heterocycles. The van der Waals surface area contributed by atoms with Gasteiger partial charge in [0.15, 0.2) is 0 Å². The van der Waals surface area contributed by atoms with Crippen molar-refractivity contribution >= 4 is 10.8 Å². The lowest BCUT2D eigenvalue weighted by Crippen LogP contribution is -2.17. The SMILES string of the molecule is CCCCCC(C)(C)c1cccc2ccccc12. The number of rotatable bonds is 5. The van der Waals surface area contributed by atoms with Gasteiger partial charge in [0.05, 0.1) is 0 Å². The fraction of sp³-hybridized carbons (Fsp3) is 0.444. The summed E-state index contributed by atoms with van der Waals surface area (Å²) in [6.07, 6.45) is 5.24. The van der Waals surface area contributed by atoms with Gasteiger partial charge in [-0.15, -0.1) is 0 Å². The van der Waals surface area contributed by atoms with Crippen LogP contribution in [0.4, 0.5) is 0 Å². The van der Waals surface area contributed by atoms with Crippen LogP contribution in [-0.2, 0) is 5.41 Å². The van der Waals surface area contributed by atoms with Gasteiger partial charge in [-0.05, 0) is 28.2 Å². The van der Waals surface area contributed by atoms with Crippen molar-refractivity contribution < 1.29 is 0 Å². The zero-order valence-corrected chi connectivity index (χ0v) is 11.9. The molecule has 0 spiro atoms. The fourth-order valence-electron chi connectivity index (χ4n) is 2.77. The zero-order valence-electron chi connectivity index (χ0n) is 11.9. The molecule has 2 aromatic carbocycles. The second kappa shape index (κ2) is 5.56. The van der Waals surface area contributed by atoms with Crippen molar-refractivity contribution in [3.63, 3.8) is 0 Å². The first-order valence-corrected chi connectivity index (χ1v) is 7.13. The van der Waals surface area contributed by atoms with E-state index >= 15 is 0 Å². The number of unbranched alkanes of at least 4 members (excludes halogenated alkanes) is 2. The summed E-state index contributed by atoms with van der Waals surface area (Å²) in [6.45, 7) is 7.03. The van der Waals surface area contributed by atoms with Gasteiger partial charge in [-0.25, -0.2) is 0 Å². The molecule has 0 atom stereocenters. The lowest BCUT2D eigenvalue weighted by molar-refractivity contribution is 0.453. The van der Waals surface area contributed by atoms with E-state index in [9.17, 15) is 0 Å². The van der Waals surface area contributed by atoms with Crippen LogP contribution in [0.25, 0.3) is 10.8 Å². The van der Waals surface area contributed by atoms with E-state index < -0.39 is 0 Å². The Bertz CT molecular complexity index is 503. The highest BCUT2D eigenvalue weighted by atomic mass is 14.3. The minimum atomic E-state index is 0.274. The Hall–Kier alpha value is -1.30. The van der Waals surface area contributed by atoms with Crippen LogP contribution < -0.4 is 0 Å². The molecule has 0 aliphatic carbocycles. The van der Waals surface area contributed by atoms with Crippen LogP contribution >= 0.6 is 0 Å². The van der Waals surface area contributed by atoms with Gasteiger partial charge >= 0.3 is 0 Å². The van der Waals surface area contributed by atoms with Gasteiger partial charge < -0.3 is 0 Å². The Labute approximate surface area is 111 Å². The van der Waals surface area contributed by atoms with Gasteiger partial charge in [-0.3, -0.25) is 0 Å². The van der Waals surface area contributed by atoms with Gasteiger partial charge in [-0.2, -0.15) is 0 Å². The number of benzene rings is 2. The Kier molecular flexibility index (Phi) is 4.06. The molecule has 0 nitrogen and oxygen atoms in total. The summed E-state index contributed by atoms with van der Waals surface area (Å²) in [6, 6.07) is 15.4. The van der Waals surface area contributed by atoms with Crippen LogP contribution in [0.3, 0.4) is 0 Å². The molecular formula is C18H24. The Morgan fingerprint density at radius 1 is 0.889 bits per heavy atom. The van der Waals surface area contributed by atoms with Crippen molar-refractivity contribution in [2.75, 3.05) is 0 Å². The molecule has 0 saturated carbocycles. The topological polar surface area (TPSA) is 0 Å². The van der Waals surface area contributed by atoms with Gasteiger partial charge in [-0.1, -0.05) is 82.5 Å². The van der Waals surface area contributed by atoms with Crippen LogP contribution in [0, 0.1) is 0 Å². The number of hydrogen-bond donors (Lipinski definition) is 0. The third-order valence-corrected chi connectivity index (χ3v) is 3.92. The zero-order chi connectivity index (χ0) is 13.0. The van der Waals surface area contributed by atoms with Crippen molar-refractivity contribution in [2.45, 2.75) is 51.9 Å². The molecule has 0 aliphatic rings. The third-order valence-electron chi connectivity index (χ3n) is 3.92. The average Bonchev–Trinajstić information content (AvgIpc) is 2.38. The van der Waals surface area contributed by atoms with Crippen molar-refractivity contribution in [1.82, 2.24) is 0 Å². The van der Waals surface area contributed by atoms with Crippen LogP contribution in [0.2, 0.25) is 0 Å². The van der Waals surface area contributed by atoms with Crippen molar-refractivity contribution in [3.8, 4) is 0 Å². The highest BCUT2D eigenvalue weighted by Gasteiger charge is 2.21. The summed E-state index contributed by atoms with van der Waals surface area (Å²) in [5.74, 6) is 0. The van der Waals surface area contributed by atoms with Gasteiger partial charge in [0.1, 0.15) is 0 Å². The molecule has 0 unspecified atom stereocenters. The largest absolute Gasteiger partial charge is 0.0654 e. The Morgan fingerprint density at radius 3 is 2.39 bits per heavy atom. The smallest absolute Gasteiger partial charge is 0.00974 e. The van der Waals surface area contributed by atoms with Gasteiger partial charge in [0.25, 0.3) is 0 Å². The maximum atomic E-state index is 2.38. The number of fused-ring (bicyclic) bond motifs is 1.